The van der Waals surface area contributed by atoms with Gasteiger partial charge < -0.3 is 10.4 Å². The molecule has 1 aromatic heterocycles. The van der Waals surface area contributed by atoms with Crippen LogP contribution in [0.5, 0.6) is 0 Å². The summed E-state index contributed by atoms with van der Waals surface area (Å²) < 4.78 is 0. The number of carboxylic acids is 1. The summed E-state index contributed by atoms with van der Waals surface area (Å²) in [5, 5.41) is 11.6. The summed E-state index contributed by atoms with van der Waals surface area (Å²) >= 11 is 0. The summed E-state index contributed by atoms with van der Waals surface area (Å²) in [6.45, 7) is 7.40. The van der Waals surface area contributed by atoms with Crippen LogP contribution >= 0.6 is 0 Å². The molecular weight excluding hydrogens is 246 g/mol. The Balaban J connectivity index is 2.81. The summed E-state index contributed by atoms with van der Waals surface area (Å²) in [5.41, 5.74) is 0.548. The Labute approximate surface area is 112 Å². The van der Waals surface area contributed by atoms with Crippen molar-refractivity contribution in [1.82, 2.24) is 15.3 Å². The molecule has 0 aliphatic carbocycles. The number of rotatable bonds is 4. The summed E-state index contributed by atoms with van der Waals surface area (Å²) in [5.74, 6) is -1.36. The molecule has 1 atom stereocenters. The van der Waals surface area contributed by atoms with Crippen LogP contribution in [0.2, 0.25) is 0 Å². The van der Waals surface area contributed by atoms with Crippen molar-refractivity contribution in [3.63, 3.8) is 0 Å². The van der Waals surface area contributed by atoms with Crippen LogP contribution in [0.1, 0.15) is 43.4 Å². The van der Waals surface area contributed by atoms with E-state index >= 15 is 0 Å². The maximum atomic E-state index is 12.0. The first kappa shape index (κ1) is 15.1. The maximum absolute atomic E-state index is 12.0. The fourth-order valence-electron chi connectivity index (χ4n) is 1.49. The average molecular weight is 265 g/mol. The fourth-order valence-corrected chi connectivity index (χ4v) is 1.49. The molecule has 1 rings (SSSR count). The molecule has 0 fully saturated rings. The first-order valence-corrected chi connectivity index (χ1v) is 6.01. The Bertz CT molecular complexity index is 463. The van der Waals surface area contributed by atoms with E-state index in [9.17, 15) is 9.59 Å². The Morgan fingerprint density at radius 1 is 1.32 bits per heavy atom. The second-order valence-corrected chi connectivity index (χ2v) is 5.53. The highest BCUT2D eigenvalue weighted by molar-refractivity contribution is 5.92. The van der Waals surface area contributed by atoms with Gasteiger partial charge in [0.25, 0.3) is 5.91 Å². The molecule has 1 unspecified atom stereocenters. The Morgan fingerprint density at radius 3 is 2.37 bits per heavy atom. The lowest BCUT2D eigenvalue weighted by Gasteiger charge is -2.30. The predicted molar refractivity (Wildman–Crippen MR) is 69.7 cm³/mol. The molecule has 0 radical (unpaired) electrons. The number of nitrogens with one attached hydrogen (secondary N) is 1. The number of aliphatic carboxylic acids is 1. The monoisotopic (exact) mass is 265 g/mol. The van der Waals surface area contributed by atoms with Gasteiger partial charge in [0.2, 0.25) is 0 Å². The Morgan fingerprint density at radius 2 is 1.95 bits per heavy atom. The number of carbonyl (C=O) groups is 2. The van der Waals surface area contributed by atoms with Crippen LogP contribution in [0, 0.1) is 12.3 Å². The van der Waals surface area contributed by atoms with E-state index in [2.05, 4.69) is 15.3 Å². The molecule has 0 aromatic carbocycles. The molecule has 0 bridgehead atoms. The SMILES string of the molecule is Cc1cnc(C(=O)NC(CC(=O)O)C(C)(C)C)cn1. The molecule has 0 spiro atoms. The van der Waals surface area contributed by atoms with Crippen LogP contribution in [0.4, 0.5) is 0 Å². The van der Waals surface area contributed by atoms with Gasteiger partial charge in [0, 0.05) is 12.2 Å². The lowest BCUT2D eigenvalue weighted by molar-refractivity contribution is -0.138. The van der Waals surface area contributed by atoms with E-state index in [0.29, 0.717) is 0 Å². The molecule has 6 nitrogen and oxygen atoms in total. The van der Waals surface area contributed by atoms with Crippen molar-refractivity contribution in [2.75, 3.05) is 0 Å². The molecule has 6 heteroatoms. The molecule has 19 heavy (non-hydrogen) atoms. The van der Waals surface area contributed by atoms with Crippen molar-refractivity contribution in [1.29, 1.82) is 0 Å². The van der Waals surface area contributed by atoms with E-state index in [0.717, 1.165) is 5.69 Å². The van der Waals surface area contributed by atoms with Crippen LogP contribution in [0.25, 0.3) is 0 Å². The third-order valence-electron chi connectivity index (χ3n) is 2.74. The number of carbonyl (C=O) groups excluding carboxylic acids is 1. The van der Waals surface area contributed by atoms with Gasteiger partial charge >= 0.3 is 5.97 Å². The van der Waals surface area contributed by atoms with E-state index in [1.807, 2.05) is 20.8 Å². The van der Waals surface area contributed by atoms with Gasteiger partial charge in [0.15, 0.2) is 0 Å². The predicted octanol–water partition coefficient (Wildman–Crippen LogP) is 1.40. The minimum atomic E-state index is -0.949. The number of amides is 1. The normalized spacial score (nSPS) is 12.8. The van der Waals surface area contributed by atoms with Gasteiger partial charge in [-0.1, -0.05) is 20.8 Å². The van der Waals surface area contributed by atoms with Crippen LogP contribution in [-0.2, 0) is 4.79 Å². The smallest absolute Gasteiger partial charge is 0.305 e. The second-order valence-electron chi connectivity index (χ2n) is 5.53. The van der Waals surface area contributed by atoms with Crippen LogP contribution in [0.15, 0.2) is 12.4 Å². The topological polar surface area (TPSA) is 92.2 Å². The van der Waals surface area contributed by atoms with E-state index in [1.165, 1.54) is 12.4 Å². The summed E-state index contributed by atoms with van der Waals surface area (Å²) in [6, 6.07) is -0.472. The molecule has 2 N–H and O–H groups in total. The van der Waals surface area contributed by atoms with Crippen molar-refractivity contribution in [2.24, 2.45) is 5.41 Å². The summed E-state index contributed by atoms with van der Waals surface area (Å²) in [6.07, 6.45) is 2.75. The quantitative estimate of drug-likeness (QED) is 0.858. The first-order chi connectivity index (χ1) is 8.70. The number of carboxylic acid groups (broad SMARTS) is 1. The molecule has 0 aliphatic heterocycles. The van der Waals surface area contributed by atoms with E-state index in [4.69, 9.17) is 5.11 Å². The molecule has 0 saturated carbocycles. The Hall–Kier alpha value is -1.98. The largest absolute Gasteiger partial charge is 0.481 e. The van der Waals surface area contributed by atoms with Crippen molar-refractivity contribution in [2.45, 2.75) is 40.2 Å². The van der Waals surface area contributed by atoms with Crippen molar-refractivity contribution < 1.29 is 14.7 Å². The van der Waals surface area contributed by atoms with Gasteiger partial charge in [-0.25, -0.2) is 4.98 Å². The summed E-state index contributed by atoms with van der Waals surface area (Å²) in [7, 11) is 0. The van der Waals surface area contributed by atoms with Crippen molar-refractivity contribution >= 4 is 11.9 Å². The Kier molecular flexibility index (Phi) is 4.58. The second kappa shape index (κ2) is 5.77. The van der Waals surface area contributed by atoms with Crippen LogP contribution < -0.4 is 5.32 Å². The highest BCUT2D eigenvalue weighted by Crippen LogP contribution is 2.22. The third-order valence-corrected chi connectivity index (χ3v) is 2.74. The molecule has 0 aliphatic rings. The minimum Gasteiger partial charge on any atom is -0.481 e. The lowest BCUT2D eigenvalue weighted by Crippen LogP contribution is -2.45. The number of nitrogens with zero attached hydrogens (tertiary/aromatic N) is 2. The van der Waals surface area contributed by atoms with E-state index in [-0.39, 0.29) is 17.5 Å². The zero-order valence-corrected chi connectivity index (χ0v) is 11.6. The average Bonchev–Trinajstić information content (AvgIpc) is 2.27. The zero-order chi connectivity index (χ0) is 14.6. The van der Waals surface area contributed by atoms with Crippen LogP contribution in [-0.4, -0.2) is 33.0 Å². The standard InChI is InChI=1S/C13H19N3O3/c1-8-6-15-9(7-14-8)12(19)16-10(5-11(17)18)13(2,3)4/h6-7,10H,5H2,1-4H3,(H,16,19)(H,17,18). The number of aromatic nitrogens is 2. The fraction of sp³-hybridized carbons (Fsp3) is 0.538. The molecule has 0 saturated heterocycles. The van der Waals surface area contributed by atoms with Crippen LogP contribution in [0.3, 0.4) is 0 Å². The zero-order valence-electron chi connectivity index (χ0n) is 11.6. The van der Waals surface area contributed by atoms with Gasteiger partial charge in [-0.15, -0.1) is 0 Å². The number of aryl methyl sites for hydroxylation is 1. The molecule has 1 aromatic rings. The van der Waals surface area contributed by atoms with Gasteiger partial charge in [0.1, 0.15) is 5.69 Å². The van der Waals surface area contributed by atoms with E-state index in [1.54, 1.807) is 6.92 Å². The van der Waals surface area contributed by atoms with Crippen molar-refractivity contribution in [3.05, 3.63) is 23.8 Å². The van der Waals surface area contributed by atoms with Gasteiger partial charge in [-0.2, -0.15) is 0 Å². The highest BCUT2D eigenvalue weighted by atomic mass is 16.4. The van der Waals surface area contributed by atoms with Gasteiger partial charge in [0.05, 0.1) is 18.3 Å². The van der Waals surface area contributed by atoms with Crippen molar-refractivity contribution in [3.8, 4) is 0 Å². The molecule has 104 valence electrons. The summed E-state index contributed by atoms with van der Waals surface area (Å²) in [4.78, 5) is 30.8. The van der Waals surface area contributed by atoms with Gasteiger partial charge in [-0.3, -0.25) is 14.6 Å². The maximum Gasteiger partial charge on any atom is 0.305 e. The minimum absolute atomic E-state index is 0.130. The third kappa shape index (κ3) is 4.65. The molecule has 1 amide bonds. The lowest BCUT2D eigenvalue weighted by atomic mass is 9.84. The number of hydrogen-bond acceptors (Lipinski definition) is 4. The first-order valence-electron chi connectivity index (χ1n) is 6.01. The van der Waals surface area contributed by atoms with Gasteiger partial charge in [-0.05, 0) is 12.3 Å². The number of hydrogen-bond donors (Lipinski definition) is 2. The molecular formula is C13H19N3O3. The molecule has 1 heterocycles. The highest BCUT2D eigenvalue weighted by Gasteiger charge is 2.29. The van der Waals surface area contributed by atoms with E-state index < -0.39 is 17.9 Å².